The summed E-state index contributed by atoms with van der Waals surface area (Å²) < 4.78 is 0. The van der Waals surface area contributed by atoms with E-state index in [1.807, 2.05) is 74.5 Å². The maximum absolute atomic E-state index is 14.2. The van der Waals surface area contributed by atoms with Crippen LogP contribution in [0.15, 0.2) is 60.7 Å². The molecule has 0 spiro atoms. The van der Waals surface area contributed by atoms with Crippen LogP contribution in [0.5, 0.6) is 0 Å². The summed E-state index contributed by atoms with van der Waals surface area (Å²) in [6.45, 7) is 3.99. The second-order valence-electron chi connectivity index (χ2n) is 13.9. The van der Waals surface area contributed by atoms with Gasteiger partial charge in [0.25, 0.3) is 0 Å². The molecule has 4 rings (SSSR count). The molecule has 2 aromatic rings. The van der Waals surface area contributed by atoms with Crippen molar-refractivity contribution in [3.63, 3.8) is 0 Å². The van der Waals surface area contributed by atoms with Crippen LogP contribution in [0.3, 0.4) is 0 Å². The normalized spacial score (nSPS) is 20.6. The lowest BCUT2D eigenvalue weighted by molar-refractivity contribution is -0.147. The first-order chi connectivity index (χ1) is 24.8. The fourth-order valence-electron chi connectivity index (χ4n) is 6.85. The number of aliphatic carboxylic acids is 1. The molecule has 0 aliphatic carbocycles. The van der Waals surface area contributed by atoms with Crippen LogP contribution in [0.4, 0.5) is 0 Å². The summed E-state index contributed by atoms with van der Waals surface area (Å²) in [5, 5.41) is 30.3. The average molecular weight is 719 g/mol. The van der Waals surface area contributed by atoms with Crippen LogP contribution >= 0.6 is 0 Å². The summed E-state index contributed by atoms with van der Waals surface area (Å²) in [5.74, 6) is -4.46. The zero-order chi connectivity index (χ0) is 37.8. The third-order valence-corrected chi connectivity index (χ3v) is 9.33. The highest BCUT2D eigenvalue weighted by molar-refractivity contribution is 5.97. The zero-order valence-electron chi connectivity index (χ0n) is 29.6. The number of carbonyl (C=O) groups excluding carboxylic acids is 5. The van der Waals surface area contributed by atoms with Gasteiger partial charge in [0.05, 0.1) is 12.8 Å². The molecule has 0 radical (unpaired) electrons. The monoisotopic (exact) mass is 718 g/mol. The topological polar surface area (TPSA) is 236 Å². The minimum Gasteiger partial charge on any atom is -0.481 e. The van der Waals surface area contributed by atoms with Gasteiger partial charge in [-0.05, 0) is 55.1 Å². The van der Waals surface area contributed by atoms with Gasteiger partial charge in [-0.15, -0.1) is 0 Å². The zero-order valence-corrected chi connectivity index (χ0v) is 29.6. The lowest BCUT2D eigenvalue weighted by atomic mass is 9.86. The predicted octanol–water partition coefficient (Wildman–Crippen LogP) is 0.426. The van der Waals surface area contributed by atoms with E-state index in [1.165, 1.54) is 0 Å². The minimum absolute atomic E-state index is 0.00106. The van der Waals surface area contributed by atoms with Crippen molar-refractivity contribution in [1.82, 2.24) is 31.5 Å². The number of nitrogens with one attached hydrogen (secondary N) is 6. The number of nitrogens with zero attached hydrogens (tertiary/aromatic N) is 1. The summed E-state index contributed by atoms with van der Waals surface area (Å²) >= 11 is 0. The number of benzene rings is 2. The maximum atomic E-state index is 14.2. The van der Waals surface area contributed by atoms with Gasteiger partial charge in [-0.2, -0.15) is 0 Å². The van der Waals surface area contributed by atoms with Gasteiger partial charge in [0.2, 0.25) is 29.5 Å². The molecule has 2 aliphatic heterocycles. The summed E-state index contributed by atoms with van der Waals surface area (Å²) in [4.78, 5) is 80.9. The van der Waals surface area contributed by atoms with Crippen molar-refractivity contribution < 1.29 is 33.9 Å². The van der Waals surface area contributed by atoms with Crippen LogP contribution in [0.1, 0.15) is 57.1 Å². The van der Waals surface area contributed by atoms with Gasteiger partial charge < -0.3 is 42.3 Å². The molecular formula is C37H50N8O7. The molecule has 6 atom stereocenters. The molecule has 2 saturated heterocycles. The van der Waals surface area contributed by atoms with Crippen LogP contribution in [-0.2, 0) is 41.6 Å². The van der Waals surface area contributed by atoms with Crippen LogP contribution < -0.4 is 32.3 Å². The van der Waals surface area contributed by atoms with E-state index < -0.39 is 54.3 Å². The Labute approximate surface area is 303 Å². The lowest BCUT2D eigenvalue weighted by Gasteiger charge is -2.39. The van der Waals surface area contributed by atoms with Gasteiger partial charge in [0, 0.05) is 19.1 Å². The minimum atomic E-state index is -1.42. The quantitative estimate of drug-likeness (QED) is 0.0835. The Morgan fingerprint density at radius 2 is 1.56 bits per heavy atom. The number of guanidine groups is 1. The number of fused-ring (bicyclic) bond motifs is 1. The van der Waals surface area contributed by atoms with E-state index in [9.17, 15) is 33.9 Å². The SMILES string of the molecule is CC(C)CNC(=O)C(CC(=O)O)NC(=O)[C@H](CCNC(=N)N)NC(=O)C1C[C@@H](Cc2ccccc2)[C@@H]2CCC(NC(=O)Cc3ccccc3)C(=O)N12. The summed E-state index contributed by atoms with van der Waals surface area (Å²) in [7, 11) is 0. The van der Waals surface area contributed by atoms with E-state index >= 15 is 0 Å². The molecule has 280 valence electrons. The lowest BCUT2D eigenvalue weighted by Crippen LogP contribution is -2.61. The standard InChI is InChI=1S/C37H50N8O7/c1-22(2)21-41-33(49)28(20-32(47)48)44-34(50)26(15-16-40-37(38)39)43-35(51)30-19-25(17-23-9-5-3-6-10-23)29-14-13-27(36(52)45(29)30)42-31(46)18-24-11-7-4-8-12-24/h3-12,22,25-30H,13-21H2,1-2H3,(H,41,49)(H,42,46)(H,43,51)(H,44,50)(H,47,48)(H4,38,39,40)/t25-,26+,27?,28?,29+,30?/m1/s1. The number of amides is 5. The highest BCUT2D eigenvalue weighted by Crippen LogP contribution is 2.39. The number of carbonyl (C=O) groups is 6. The second kappa shape index (κ2) is 18.7. The molecule has 3 unspecified atom stereocenters. The molecular weight excluding hydrogens is 668 g/mol. The molecule has 0 saturated carbocycles. The van der Waals surface area contributed by atoms with Crippen molar-refractivity contribution in [2.45, 2.75) is 89.0 Å². The van der Waals surface area contributed by atoms with E-state index in [4.69, 9.17) is 11.1 Å². The smallest absolute Gasteiger partial charge is 0.305 e. The number of carboxylic acids is 1. The van der Waals surface area contributed by atoms with Crippen molar-refractivity contribution in [3.8, 4) is 0 Å². The average Bonchev–Trinajstić information content (AvgIpc) is 3.46. The first kappa shape index (κ1) is 39.3. The van der Waals surface area contributed by atoms with E-state index in [0.717, 1.165) is 11.1 Å². The van der Waals surface area contributed by atoms with Crippen LogP contribution in [0, 0.1) is 17.2 Å². The van der Waals surface area contributed by atoms with Gasteiger partial charge in [0.15, 0.2) is 5.96 Å². The van der Waals surface area contributed by atoms with E-state index in [-0.39, 0.29) is 61.6 Å². The first-order valence-electron chi connectivity index (χ1n) is 17.7. The van der Waals surface area contributed by atoms with Gasteiger partial charge >= 0.3 is 5.97 Å². The molecule has 5 amide bonds. The van der Waals surface area contributed by atoms with E-state index in [2.05, 4.69) is 26.6 Å². The van der Waals surface area contributed by atoms with Gasteiger partial charge in [-0.1, -0.05) is 74.5 Å². The van der Waals surface area contributed by atoms with Crippen molar-refractivity contribution in [3.05, 3.63) is 71.8 Å². The number of nitrogens with two attached hydrogens (primary N) is 1. The molecule has 2 aliphatic rings. The Bertz CT molecular complexity index is 1590. The van der Waals surface area contributed by atoms with Crippen LogP contribution in [0.25, 0.3) is 0 Å². The molecule has 2 aromatic carbocycles. The first-order valence-corrected chi connectivity index (χ1v) is 17.7. The molecule has 2 heterocycles. The molecule has 0 aromatic heterocycles. The molecule has 9 N–H and O–H groups in total. The third kappa shape index (κ3) is 11.3. The Hall–Kier alpha value is -5.47. The second-order valence-corrected chi connectivity index (χ2v) is 13.9. The highest BCUT2D eigenvalue weighted by atomic mass is 16.4. The number of hydrogen-bond acceptors (Lipinski definition) is 7. The molecule has 0 bridgehead atoms. The third-order valence-electron chi connectivity index (χ3n) is 9.33. The van der Waals surface area contributed by atoms with Crippen molar-refractivity contribution in [2.75, 3.05) is 13.1 Å². The molecule has 2 fully saturated rings. The summed E-state index contributed by atoms with van der Waals surface area (Å²) in [6.07, 6.45) is 1.22. The molecule has 15 nitrogen and oxygen atoms in total. The number of piperidine rings is 1. The summed E-state index contributed by atoms with van der Waals surface area (Å²) in [5.41, 5.74) is 7.29. The van der Waals surface area contributed by atoms with Gasteiger partial charge in [-0.25, -0.2) is 0 Å². The van der Waals surface area contributed by atoms with Crippen LogP contribution in [-0.4, -0.2) is 94.8 Å². The number of rotatable bonds is 17. The molecule has 15 heteroatoms. The fraction of sp³-hybridized carbons (Fsp3) is 0.486. The van der Waals surface area contributed by atoms with E-state index in [0.29, 0.717) is 25.7 Å². The van der Waals surface area contributed by atoms with Crippen molar-refractivity contribution >= 4 is 41.5 Å². The van der Waals surface area contributed by atoms with Crippen LogP contribution in [0.2, 0.25) is 0 Å². The Balaban J connectivity index is 1.55. The van der Waals surface area contributed by atoms with Gasteiger partial charge in [0.1, 0.15) is 24.2 Å². The Morgan fingerprint density at radius 3 is 2.17 bits per heavy atom. The maximum Gasteiger partial charge on any atom is 0.305 e. The highest BCUT2D eigenvalue weighted by Gasteiger charge is 2.51. The summed E-state index contributed by atoms with van der Waals surface area (Å²) in [6, 6.07) is 14.1. The number of hydrogen-bond donors (Lipinski definition) is 8. The fourth-order valence-corrected chi connectivity index (χ4v) is 6.85. The molecule has 52 heavy (non-hydrogen) atoms. The van der Waals surface area contributed by atoms with E-state index in [1.54, 1.807) is 4.90 Å². The number of carboxylic acid groups (broad SMARTS) is 1. The van der Waals surface area contributed by atoms with Crippen molar-refractivity contribution in [2.24, 2.45) is 17.6 Å². The van der Waals surface area contributed by atoms with Gasteiger partial charge in [-0.3, -0.25) is 34.2 Å². The Kier molecular flexibility index (Phi) is 14.1. The van der Waals surface area contributed by atoms with Crippen molar-refractivity contribution in [1.29, 1.82) is 5.41 Å². The Morgan fingerprint density at radius 1 is 0.904 bits per heavy atom. The largest absolute Gasteiger partial charge is 0.481 e. The predicted molar refractivity (Wildman–Crippen MR) is 192 cm³/mol.